The first-order valence-electron chi connectivity index (χ1n) is 7.15. The lowest BCUT2D eigenvalue weighted by Crippen LogP contribution is -2.49. The Morgan fingerprint density at radius 3 is 2.17 bits per heavy atom. The highest BCUT2D eigenvalue weighted by molar-refractivity contribution is 5.43. The Morgan fingerprint density at radius 2 is 1.67 bits per heavy atom. The Labute approximate surface area is 107 Å². The molecule has 4 aliphatic rings. The van der Waals surface area contributed by atoms with Crippen LogP contribution < -0.4 is 11.5 Å². The summed E-state index contributed by atoms with van der Waals surface area (Å²) in [5.74, 6) is 3.14. The first-order valence-corrected chi connectivity index (χ1v) is 7.15. The number of rotatable bonds is 2. The first-order chi connectivity index (χ1) is 8.70. The van der Waals surface area contributed by atoms with Crippen LogP contribution in [0.2, 0.25) is 0 Å². The van der Waals surface area contributed by atoms with Crippen molar-refractivity contribution in [1.82, 2.24) is 5.16 Å². The fraction of sp³-hybridized carbons (Fsp3) is 0.786. The van der Waals surface area contributed by atoms with E-state index in [2.05, 4.69) is 5.16 Å². The molecule has 1 heterocycles. The van der Waals surface area contributed by atoms with Crippen LogP contribution in [-0.2, 0) is 12.0 Å². The molecule has 0 amide bonds. The first kappa shape index (κ1) is 10.9. The van der Waals surface area contributed by atoms with Crippen molar-refractivity contribution < 1.29 is 4.52 Å². The van der Waals surface area contributed by atoms with Crippen LogP contribution in [0.3, 0.4) is 0 Å². The Hall–Kier alpha value is -1.03. The van der Waals surface area contributed by atoms with Crippen LogP contribution >= 0.6 is 0 Å². The minimum Gasteiger partial charge on any atom is -0.367 e. The number of nitrogen functional groups attached to an aromatic ring is 1. The number of anilines is 1. The van der Waals surface area contributed by atoms with Gasteiger partial charge in [-0.2, -0.15) is 0 Å². The van der Waals surface area contributed by atoms with Gasteiger partial charge in [0.25, 0.3) is 0 Å². The van der Waals surface area contributed by atoms with Gasteiger partial charge >= 0.3 is 0 Å². The molecule has 1 aromatic heterocycles. The molecule has 0 unspecified atom stereocenters. The van der Waals surface area contributed by atoms with E-state index in [9.17, 15) is 0 Å². The summed E-state index contributed by atoms with van der Waals surface area (Å²) in [4.78, 5) is 0. The fourth-order valence-electron chi connectivity index (χ4n) is 5.34. The van der Waals surface area contributed by atoms with E-state index < -0.39 is 0 Å². The van der Waals surface area contributed by atoms with Crippen molar-refractivity contribution in [3.8, 4) is 0 Å². The Bertz CT molecular complexity index is 444. The largest absolute Gasteiger partial charge is 0.367 e. The van der Waals surface area contributed by atoms with Crippen LogP contribution in [0.1, 0.15) is 49.8 Å². The van der Waals surface area contributed by atoms with Crippen molar-refractivity contribution in [3.05, 3.63) is 11.3 Å². The maximum absolute atomic E-state index is 5.86. The smallest absolute Gasteiger partial charge is 0.226 e. The summed E-state index contributed by atoms with van der Waals surface area (Å²) in [6.45, 7) is 0.451. The van der Waals surface area contributed by atoms with Crippen molar-refractivity contribution in [3.63, 3.8) is 0 Å². The molecule has 4 fully saturated rings. The quantitative estimate of drug-likeness (QED) is 0.839. The lowest BCUT2D eigenvalue weighted by atomic mass is 9.48. The molecule has 4 heteroatoms. The number of aromatic nitrogens is 1. The van der Waals surface area contributed by atoms with Crippen LogP contribution in [0.25, 0.3) is 0 Å². The van der Waals surface area contributed by atoms with Gasteiger partial charge in [0.2, 0.25) is 5.88 Å². The maximum atomic E-state index is 5.86. The second-order valence-electron chi connectivity index (χ2n) is 6.78. The van der Waals surface area contributed by atoms with Crippen molar-refractivity contribution in [2.45, 2.75) is 50.5 Å². The highest BCUT2D eigenvalue weighted by atomic mass is 16.5. The number of hydrogen-bond donors (Lipinski definition) is 2. The third kappa shape index (κ3) is 1.32. The highest BCUT2D eigenvalue weighted by Crippen LogP contribution is 2.61. The van der Waals surface area contributed by atoms with Gasteiger partial charge in [-0.1, -0.05) is 5.16 Å². The third-order valence-corrected chi connectivity index (χ3v) is 5.56. The van der Waals surface area contributed by atoms with Gasteiger partial charge in [-0.25, -0.2) is 0 Å². The van der Waals surface area contributed by atoms with Gasteiger partial charge in [0.15, 0.2) is 0 Å². The zero-order valence-electron chi connectivity index (χ0n) is 10.7. The average molecular weight is 247 g/mol. The number of nitrogens with two attached hydrogens (primary N) is 2. The predicted octanol–water partition coefficient (Wildman–Crippen LogP) is 2.18. The van der Waals surface area contributed by atoms with Crippen molar-refractivity contribution in [1.29, 1.82) is 0 Å². The van der Waals surface area contributed by atoms with E-state index in [4.69, 9.17) is 16.0 Å². The molecule has 4 bridgehead atoms. The van der Waals surface area contributed by atoms with E-state index in [1.54, 1.807) is 0 Å². The number of nitrogens with zero attached hydrogens (tertiary/aromatic N) is 1. The molecular weight excluding hydrogens is 226 g/mol. The van der Waals surface area contributed by atoms with E-state index in [-0.39, 0.29) is 5.41 Å². The van der Waals surface area contributed by atoms with E-state index in [0.29, 0.717) is 12.4 Å². The molecule has 0 spiro atoms. The summed E-state index contributed by atoms with van der Waals surface area (Å²) in [6, 6.07) is 0. The average Bonchev–Trinajstić information content (AvgIpc) is 2.69. The van der Waals surface area contributed by atoms with Crippen molar-refractivity contribution >= 4 is 5.88 Å². The maximum Gasteiger partial charge on any atom is 0.226 e. The van der Waals surface area contributed by atoms with Crippen LogP contribution in [0, 0.1) is 17.8 Å². The summed E-state index contributed by atoms with van der Waals surface area (Å²) in [7, 11) is 0. The number of hydrogen-bond acceptors (Lipinski definition) is 4. The summed E-state index contributed by atoms with van der Waals surface area (Å²) >= 11 is 0. The van der Waals surface area contributed by atoms with Gasteiger partial charge in [-0.3, -0.25) is 0 Å². The van der Waals surface area contributed by atoms with E-state index in [1.807, 2.05) is 0 Å². The van der Waals surface area contributed by atoms with Gasteiger partial charge < -0.3 is 16.0 Å². The normalized spacial score (nSPS) is 41.5. The van der Waals surface area contributed by atoms with Crippen LogP contribution in [-0.4, -0.2) is 5.16 Å². The summed E-state index contributed by atoms with van der Waals surface area (Å²) < 4.78 is 5.22. The van der Waals surface area contributed by atoms with Gasteiger partial charge in [-0.05, 0) is 56.3 Å². The lowest BCUT2D eigenvalue weighted by Gasteiger charge is -2.56. The van der Waals surface area contributed by atoms with Crippen molar-refractivity contribution in [2.24, 2.45) is 23.5 Å². The Balaban J connectivity index is 1.79. The second kappa shape index (κ2) is 3.50. The molecule has 4 saturated carbocycles. The molecule has 1 aromatic rings. The van der Waals surface area contributed by atoms with Gasteiger partial charge in [-0.15, -0.1) is 0 Å². The molecule has 0 atom stereocenters. The molecular formula is C14H21N3O. The van der Waals surface area contributed by atoms with E-state index in [1.165, 1.54) is 38.5 Å². The molecule has 18 heavy (non-hydrogen) atoms. The third-order valence-electron chi connectivity index (χ3n) is 5.56. The van der Waals surface area contributed by atoms with Crippen LogP contribution in [0.15, 0.2) is 4.52 Å². The van der Waals surface area contributed by atoms with Gasteiger partial charge in [0, 0.05) is 12.0 Å². The molecule has 0 radical (unpaired) electrons. The van der Waals surface area contributed by atoms with Crippen LogP contribution in [0.5, 0.6) is 0 Å². The zero-order valence-corrected chi connectivity index (χ0v) is 10.7. The summed E-state index contributed by atoms with van der Waals surface area (Å²) in [5.41, 5.74) is 14.0. The molecule has 0 aromatic carbocycles. The summed E-state index contributed by atoms with van der Waals surface area (Å²) in [5, 5.41) is 4.30. The predicted molar refractivity (Wildman–Crippen MR) is 68.7 cm³/mol. The highest BCUT2D eigenvalue weighted by Gasteiger charge is 2.53. The minimum atomic E-state index is 0.241. The monoisotopic (exact) mass is 247 g/mol. The SMILES string of the molecule is NCc1c(C23CC4CC(CC(C4)C2)C3)noc1N. The molecule has 4 N–H and O–H groups in total. The molecule has 98 valence electrons. The Morgan fingerprint density at radius 1 is 1.11 bits per heavy atom. The molecule has 0 saturated heterocycles. The van der Waals surface area contributed by atoms with E-state index >= 15 is 0 Å². The van der Waals surface area contributed by atoms with Crippen molar-refractivity contribution in [2.75, 3.05) is 5.73 Å². The van der Waals surface area contributed by atoms with E-state index in [0.717, 1.165) is 29.0 Å². The fourth-order valence-corrected chi connectivity index (χ4v) is 5.34. The molecule has 4 aliphatic carbocycles. The minimum absolute atomic E-state index is 0.241. The lowest BCUT2D eigenvalue weighted by molar-refractivity contribution is -0.00879. The topological polar surface area (TPSA) is 78.1 Å². The summed E-state index contributed by atoms with van der Waals surface area (Å²) in [6.07, 6.45) is 8.13. The molecule has 4 nitrogen and oxygen atoms in total. The van der Waals surface area contributed by atoms with Gasteiger partial charge in [0.1, 0.15) is 0 Å². The standard InChI is InChI=1S/C14H21N3O/c15-7-11-12(17-18-13(11)16)14-4-8-1-9(5-14)3-10(2-8)6-14/h8-10H,1-7,15-16H2. The van der Waals surface area contributed by atoms with Gasteiger partial charge in [0.05, 0.1) is 11.3 Å². The zero-order chi connectivity index (χ0) is 12.3. The second-order valence-corrected chi connectivity index (χ2v) is 6.78. The molecule has 0 aliphatic heterocycles. The Kier molecular flexibility index (Phi) is 2.11. The molecule has 5 rings (SSSR count). The van der Waals surface area contributed by atoms with Crippen LogP contribution in [0.4, 0.5) is 5.88 Å².